The standard InChI is InChI=1S/C10H19F3N2O/c1-6-4-15(5-7(2)16-6)9(8(3)14)10(11,12)13/h6-9H,4-5,14H2,1-3H3/t6-,7-,8+,9-/m1/s1. The maximum atomic E-state index is 12.8. The Morgan fingerprint density at radius 2 is 1.69 bits per heavy atom. The zero-order chi connectivity index (χ0) is 12.5. The third-order valence-electron chi connectivity index (χ3n) is 2.67. The monoisotopic (exact) mass is 240 g/mol. The van der Waals surface area contributed by atoms with E-state index in [0.717, 1.165) is 0 Å². The lowest BCUT2D eigenvalue weighted by atomic mass is 10.1. The molecule has 4 atom stereocenters. The summed E-state index contributed by atoms with van der Waals surface area (Å²) in [4.78, 5) is 1.38. The van der Waals surface area contributed by atoms with Gasteiger partial charge in [0, 0.05) is 19.1 Å². The molecule has 3 nitrogen and oxygen atoms in total. The molecule has 0 amide bonds. The third-order valence-corrected chi connectivity index (χ3v) is 2.67. The molecule has 0 aromatic rings. The molecule has 6 heteroatoms. The van der Waals surface area contributed by atoms with Gasteiger partial charge in [-0.05, 0) is 20.8 Å². The lowest BCUT2D eigenvalue weighted by Crippen LogP contribution is -2.60. The van der Waals surface area contributed by atoms with Crippen molar-refractivity contribution < 1.29 is 17.9 Å². The van der Waals surface area contributed by atoms with E-state index in [-0.39, 0.29) is 25.3 Å². The topological polar surface area (TPSA) is 38.5 Å². The summed E-state index contributed by atoms with van der Waals surface area (Å²) in [5, 5.41) is 0. The fourth-order valence-corrected chi connectivity index (χ4v) is 2.28. The molecule has 1 saturated heterocycles. The van der Waals surface area contributed by atoms with Gasteiger partial charge in [-0.2, -0.15) is 13.2 Å². The Morgan fingerprint density at radius 3 is 2.00 bits per heavy atom. The van der Waals surface area contributed by atoms with Crippen LogP contribution < -0.4 is 5.73 Å². The average Bonchev–Trinajstić information content (AvgIpc) is 1.96. The van der Waals surface area contributed by atoms with Gasteiger partial charge in [0.2, 0.25) is 0 Å². The molecule has 2 N–H and O–H groups in total. The lowest BCUT2D eigenvalue weighted by molar-refractivity contribution is -0.206. The average molecular weight is 240 g/mol. The van der Waals surface area contributed by atoms with Gasteiger partial charge in [-0.25, -0.2) is 0 Å². The van der Waals surface area contributed by atoms with Gasteiger partial charge < -0.3 is 10.5 Å². The second-order valence-electron chi connectivity index (χ2n) is 4.56. The Balaban J connectivity index is 2.78. The van der Waals surface area contributed by atoms with Crippen LogP contribution in [0.2, 0.25) is 0 Å². The first-order valence-electron chi connectivity index (χ1n) is 5.43. The zero-order valence-corrected chi connectivity index (χ0v) is 9.79. The lowest BCUT2D eigenvalue weighted by Gasteiger charge is -2.42. The van der Waals surface area contributed by atoms with Crippen LogP contribution in [0.4, 0.5) is 13.2 Å². The minimum Gasteiger partial charge on any atom is -0.373 e. The summed E-state index contributed by atoms with van der Waals surface area (Å²) < 4.78 is 44.0. The first kappa shape index (κ1) is 13.7. The summed E-state index contributed by atoms with van der Waals surface area (Å²) in [6.07, 6.45) is -4.66. The summed E-state index contributed by atoms with van der Waals surface area (Å²) in [7, 11) is 0. The normalized spacial score (nSPS) is 32.4. The predicted octanol–water partition coefficient (Wildman–Crippen LogP) is 1.37. The predicted molar refractivity (Wildman–Crippen MR) is 55.1 cm³/mol. The highest BCUT2D eigenvalue weighted by atomic mass is 19.4. The molecule has 0 spiro atoms. The van der Waals surface area contributed by atoms with Crippen molar-refractivity contribution in [3.05, 3.63) is 0 Å². The van der Waals surface area contributed by atoms with E-state index >= 15 is 0 Å². The second-order valence-corrected chi connectivity index (χ2v) is 4.56. The van der Waals surface area contributed by atoms with Crippen molar-refractivity contribution in [2.24, 2.45) is 5.73 Å². The zero-order valence-electron chi connectivity index (χ0n) is 9.79. The highest BCUT2D eigenvalue weighted by Gasteiger charge is 2.47. The van der Waals surface area contributed by atoms with E-state index in [0.29, 0.717) is 0 Å². The summed E-state index contributed by atoms with van der Waals surface area (Å²) >= 11 is 0. The van der Waals surface area contributed by atoms with E-state index < -0.39 is 18.3 Å². The van der Waals surface area contributed by atoms with Crippen molar-refractivity contribution in [3.8, 4) is 0 Å². The van der Waals surface area contributed by atoms with Crippen molar-refractivity contribution in [1.29, 1.82) is 0 Å². The van der Waals surface area contributed by atoms with E-state index in [1.807, 2.05) is 0 Å². The summed E-state index contributed by atoms with van der Waals surface area (Å²) in [5.41, 5.74) is 5.44. The second kappa shape index (κ2) is 4.89. The molecule has 1 aliphatic heterocycles. The van der Waals surface area contributed by atoms with Crippen LogP contribution in [0.3, 0.4) is 0 Å². The number of ether oxygens (including phenoxy) is 1. The fraction of sp³-hybridized carbons (Fsp3) is 1.00. The van der Waals surface area contributed by atoms with Gasteiger partial charge in [0.1, 0.15) is 6.04 Å². The number of rotatable bonds is 2. The van der Waals surface area contributed by atoms with Crippen molar-refractivity contribution in [2.75, 3.05) is 13.1 Å². The van der Waals surface area contributed by atoms with E-state index in [9.17, 15) is 13.2 Å². The molecule has 0 radical (unpaired) electrons. The largest absolute Gasteiger partial charge is 0.405 e. The molecule has 0 aromatic carbocycles. The van der Waals surface area contributed by atoms with Crippen LogP contribution in [0.5, 0.6) is 0 Å². The highest BCUT2D eigenvalue weighted by Crippen LogP contribution is 2.28. The minimum absolute atomic E-state index is 0.188. The van der Waals surface area contributed by atoms with Crippen LogP contribution in [-0.4, -0.2) is 48.5 Å². The smallest absolute Gasteiger partial charge is 0.373 e. The molecule has 0 aliphatic carbocycles. The Kier molecular flexibility index (Phi) is 4.20. The molecular weight excluding hydrogens is 221 g/mol. The van der Waals surface area contributed by atoms with Gasteiger partial charge in [-0.15, -0.1) is 0 Å². The number of nitrogens with two attached hydrogens (primary N) is 1. The van der Waals surface area contributed by atoms with Crippen molar-refractivity contribution in [1.82, 2.24) is 4.90 Å². The van der Waals surface area contributed by atoms with Crippen molar-refractivity contribution >= 4 is 0 Å². The number of hydrogen-bond acceptors (Lipinski definition) is 3. The number of hydrogen-bond donors (Lipinski definition) is 1. The summed E-state index contributed by atoms with van der Waals surface area (Å²) in [6.45, 7) is 5.49. The molecule has 0 aromatic heterocycles. The van der Waals surface area contributed by atoms with Gasteiger partial charge in [0.25, 0.3) is 0 Å². The first-order valence-corrected chi connectivity index (χ1v) is 5.43. The van der Waals surface area contributed by atoms with Crippen LogP contribution in [0.15, 0.2) is 0 Å². The van der Waals surface area contributed by atoms with Gasteiger partial charge >= 0.3 is 6.18 Å². The molecule has 0 saturated carbocycles. The van der Waals surface area contributed by atoms with Crippen LogP contribution in [-0.2, 0) is 4.74 Å². The van der Waals surface area contributed by atoms with Gasteiger partial charge in [-0.3, -0.25) is 4.90 Å². The maximum Gasteiger partial charge on any atom is 0.405 e. The summed E-state index contributed by atoms with van der Waals surface area (Å²) in [6, 6.07) is -2.52. The number of morpholine rings is 1. The molecular formula is C10H19F3N2O. The molecule has 96 valence electrons. The van der Waals surface area contributed by atoms with Crippen LogP contribution >= 0.6 is 0 Å². The molecule has 1 aliphatic rings. The number of nitrogens with zero attached hydrogens (tertiary/aromatic N) is 1. The van der Waals surface area contributed by atoms with E-state index in [2.05, 4.69) is 0 Å². The van der Waals surface area contributed by atoms with E-state index in [1.165, 1.54) is 11.8 Å². The van der Waals surface area contributed by atoms with Crippen LogP contribution in [0.25, 0.3) is 0 Å². The molecule has 1 fully saturated rings. The van der Waals surface area contributed by atoms with Crippen LogP contribution in [0, 0.1) is 0 Å². The van der Waals surface area contributed by atoms with E-state index in [1.54, 1.807) is 13.8 Å². The molecule has 16 heavy (non-hydrogen) atoms. The number of alkyl halides is 3. The van der Waals surface area contributed by atoms with Gasteiger partial charge in [-0.1, -0.05) is 0 Å². The Bertz CT molecular complexity index is 223. The number of halogens is 3. The third kappa shape index (κ3) is 3.33. The molecule has 1 rings (SSSR count). The molecule has 0 unspecified atom stereocenters. The van der Waals surface area contributed by atoms with E-state index in [4.69, 9.17) is 10.5 Å². The van der Waals surface area contributed by atoms with Gasteiger partial charge in [0.15, 0.2) is 0 Å². The molecule has 1 heterocycles. The van der Waals surface area contributed by atoms with Crippen molar-refractivity contribution in [3.63, 3.8) is 0 Å². The fourth-order valence-electron chi connectivity index (χ4n) is 2.28. The van der Waals surface area contributed by atoms with Crippen molar-refractivity contribution in [2.45, 2.75) is 51.2 Å². The Hall–Kier alpha value is -0.330. The highest BCUT2D eigenvalue weighted by molar-refractivity contribution is 4.89. The van der Waals surface area contributed by atoms with Crippen LogP contribution in [0.1, 0.15) is 20.8 Å². The molecule has 0 bridgehead atoms. The maximum absolute atomic E-state index is 12.8. The SMILES string of the molecule is C[C@@H]1CN([C@H]([C@H](C)N)C(F)(F)F)C[C@@H](C)O1. The minimum atomic E-state index is -4.29. The summed E-state index contributed by atoms with van der Waals surface area (Å²) in [5.74, 6) is 0. The quantitative estimate of drug-likeness (QED) is 0.792. The van der Waals surface area contributed by atoms with Gasteiger partial charge in [0.05, 0.1) is 12.2 Å². The Morgan fingerprint density at radius 1 is 1.25 bits per heavy atom. The first-order chi connectivity index (χ1) is 7.21. The Labute approximate surface area is 93.7 Å².